The van der Waals surface area contributed by atoms with Crippen molar-refractivity contribution in [2.24, 2.45) is 17.1 Å². The molecule has 72 valence electrons. The molecule has 0 radical (unpaired) electrons. The topological polar surface area (TPSA) is 38.0 Å². The molecule has 2 atom stereocenters. The van der Waals surface area contributed by atoms with Crippen LogP contribution in [0.5, 0.6) is 0 Å². The molecule has 2 heteroatoms. The average molecular weight is 170 g/mol. The van der Waals surface area contributed by atoms with Crippen molar-refractivity contribution in [3.05, 3.63) is 0 Å². The molecule has 0 aliphatic heterocycles. The van der Waals surface area contributed by atoms with Gasteiger partial charge in [-0.25, -0.2) is 0 Å². The van der Waals surface area contributed by atoms with Crippen molar-refractivity contribution in [2.75, 3.05) is 6.67 Å². The predicted octanol–water partition coefficient (Wildman–Crippen LogP) is 1.71. The molecular formula is C10H22N2. The summed E-state index contributed by atoms with van der Waals surface area (Å²) in [6.45, 7) is 7.67. The molecule has 0 saturated heterocycles. The lowest BCUT2D eigenvalue weighted by molar-refractivity contribution is 0.152. The lowest BCUT2D eigenvalue weighted by Gasteiger charge is -2.39. The van der Waals surface area contributed by atoms with E-state index < -0.39 is 0 Å². The first-order valence-corrected chi connectivity index (χ1v) is 4.97. The SMILES string of the molecule is CC1C[C@H](NCN)CC(C)(C)C1. The van der Waals surface area contributed by atoms with Gasteiger partial charge in [0.2, 0.25) is 0 Å². The van der Waals surface area contributed by atoms with Crippen LogP contribution in [0.25, 0.3) is 0 Å². The van der Waals surface area contributed by atoms with Gasteiger partial charge in [0, 0.05) is 12.7 Å². The number of hydrogen-bond donors (Lipinski definition) is 2. The highest BCUT2D eigenvalue weighted by Gasteiger charge is 2.31. The standard InChI is InChI=1S/C10H22N2/c1-8-4-9(12-7-11)6-10(2,3)5-8/h8-9,12H,4-7,11H2,1-3H3/t8?,9-/m0/s1. The minimum absolute atomic E-state index is 0.504. The molecule has 0 bridgehead atoms. The van der Waals surface area contributed by atoms with Gasteiger partial charge in [0.05, 0.1) is 0 Å². The van der Waals surface area contributed by atoms with Crippen molar-refractivity contribution in [2.45, 2.75) is 46.1 Å². The molecule has 0 heterocycles. The third-order valence-corrected chi connectivity index (χ3v) is 2.79. The zero-order valence-electron chi connectivity index (χ0n) is 8.56. The number of nitrogens with one attached hydrogen (secondary N) is 1. The summed E-state index contributed by atoms with van der Waals surface area (Å²) in [4.78, 5) is 0. The Morgan fingerprint density at radius 2 is 2.08 bits per heavy atom. The van der Waals surface area contributed by atoms with E-state index in [-0.39, 0.29) is 0 Å². The summed E-state index contributed by atoms with van der Waals surface area (Å²) in [5, 5.41) is 3.35. The maximum atomic E-state index is 5.48. The molecule has 3 N–H and O–H groups in total. The largest absolute Gasteiger partial charge is 0.318 e. The van der Waals surface area contributed by atoms with Gasteiger partial charge in [-0.05, 0) is 30.6 Å². The molecule has 12 heavy (non-hydrogen) atoms. The van der Waals surface area contributed by atoms with Gasteiger partial charge < -0.3 is 11.1 Å². The zero-order chi connectivity index (χ0) is 9.19. The molecule has 1 unspecified atom stereocenters. The van der Waals surface area contributed by atoms with Crippen LogP contribution in [0.3, 0.4) is 0 Å². The van der Waals surface area contributed by atoms with Crippen LogP contribution in [0, 0.1) is 11.3 Å². The van der Waals surface area contributed by atoms with Crippen molar-refractivity contribution < 1.29 is 0 Å². The van der Waals surface area contributed by atoms with Crippen molar-refractivity contribution in [3.63, 3.8) is 0 Å². The Morgan fingerprint density at radius 3 is 2.58 bits per heavy atom. The van der Waals surface area contributed by atoms with Crippen LogP contribution in [0.4, 0.5) is 0 Å². The Labute approximate surface area is 75.9 Å². The lowest BCUT2D eigenvalue weighted by Crippen LogP contribution is -2.42. The molecule has 0 aromatic rings. The fourth-order valence-electron chi connectivity index (χ4n) is 2.67. The van der Waals surface area contributed by atoms with Gasteiger partial charge in [-0.2, -0.15) is 0 Å². The van der Waals surface area contributed by atoms with Crippen LogP contribution < -0.4 is 11.1 Å². The van der Waals surface area contributed by atoms with Crippen molar-refractivity contribution in [1.82, 2.24) is 5.32 Å². The van der Waals surface area contributed by atoms with Gasteiger partial charge in [0.1, 0.15) is 0 Å². The van der Waals surface area contributed by atoms with E-state index >= 15 is 0 Å². The van der Waals surface area contributed by atoms with Crippen LogP contribution in [-0.2, 0) is 0 Å². The van der Waals surface area contributed by atoms with Crippen molar-refractivity contribution >= 4 is 0 Å². The summed E-state index contributed by atoms with van der Waals surface area (Å²) >= 11 is 0. The molecule has 1 fully saturated rings. The molecule has 2 nitrogen and oxygen atoms in total. The highest BCUT2D eigenvalue weighted by atomic mass is 15.0. The van der Waals surface area contributed by atoms with Gasteiger partial charge in [0.25, 0.3) is 0 Å². The van der Waals surface area contributed by atoms with E-state index in [2.05, 4.69) is 26.1 Å². The summed E-state index contributed by atoms with van der Waals surface area (Å²) in [5.41, 5.74) is 5.99. The molecule has 1 aliphatic rings. The average Bonchev–Trinajstić information content (AvgIpc) is 1.82. The van der Waals surface area contributed by atoms with Crippen LogP contribution >= 0.6 is 0 Å². The zero-order valence-corrected chi connectivity index (χ0v) is 8.56. The third-order valence-electron chi connectivity index (χ3n) is 2.79. The van der Waals surface area contributed by atoms with Crippen molar-refractivity contribution in [1.29, 1.82) is 0 Å². The first-order chi connectivity index (χ1) is 5.53. The van der Waals surface area contributed by atoms with E-state index in [4.69, 9.17) is 5.73 Å². The number of rotatable bonds is 2. The normalized spacial score (nSPS) is 35.0. The third kappa shape index (κ3) is 2.76. The summed E-state index contributed by atoms with van der Waals surface area (Å²) in [7, 11) is 0. The Balaban J connectivity index is 2.46. The fraction of sp³-hybridized carbons (Fsp3) is 1.00. The Kier molecular flexibility index (Phi) is 3.13. The summed E-state index contributed by atoms with van der Waals surface area (Å²) in [5.74, 6) is 0.845. The Bertz CT molecular complexity index is 143. The summed E-state index contributed by atoms with van der Waals surface area (Å²) < 4.78 is 0. The second kappa shape index (κ2) is 3.75. The van der Waals surface area contributed by atoms with E-state index in [0.717, 1.165) is 5.92 Å². The van der Waals surface area contributed by atoms with Crippen LogP contribution in [0.2, 0.25) is 0 Å². The van der Waals surface area contributed by atoms with E-state index in [9.17, 15) is 0 Å². The lowest BCUT2D eigenvalue weighted by atomic mass is 9.71. The molecule has 1 saturated carbocycles. The molecule has 0 aromatic heterocycles. The molecular weight excluding hydrogens is 148 g/mol. The highest BCUT2D eigenvalue weighted by molar-refractivity contribution is 4.85. The second-order valence-corrected chi connectivity index (χ2v) is 5.02. The van der Waals surface area contributed by atoms with Crippen molar-refractivity contribution in [3.8, 4) is 0 Å². The smallest absolute Gasteiger partial charge is 0.0430 e. The van der Waals surface area contributed by atoms with Crippen LogP contribution in [-0.4, -0.2) is 12.7 Å². The Morgan fingerprint density at radius 1 is 1.42 bits per heavy atom. The predicted molar refractivity (Wildman–Crippen MR) is 52.8 cm³/mol. The maximum absolute atomic E-state index is 5.48. The molecule has 0 spiro atoms. The first-order valence-electron chi connectivity index (χ1n) is 4.97. The minimum Gasteiger partial charge on any atom is -0.318 e. The minimum atomic E-state index is 0.504. The molecule has 0 aromatic carbocycles. The second-order valence-electron chi connectivity index (χ2n) is 5.02. The monoisotopic (exact) mass is 170 g/mol. The number of hydrogen-bond acceptors (Lipinski definition) is 2. The maximum Gasteiger partial charge on any atom is 0.0430 e. The van der Waals surface area contributed by atoms with Gasteiger partial charge in [0.15, 0.2) is 0 Å². The van der Waals surface area contributed by atoms with Crippen LogP contribution in [0.1, 0.15) is 40.0 Å². The van der Waals surface area contributed by atoms with Gasteiger partial charge in [-0.1, -0.05) is 20.8 Å². The summed E-state index contributed by atoms with van der Waals surface area (Å²) in [6.07, 6.45) is 3.92. The van der Waals surface area contributed by atoms with E-state index in [0.29, 0.717) is 18.1 Å². The molecule has 1 aliphatic carbocycles. The quantitative estimate of drug-likeness (QED) is 0.619. The fourth-order valence-corrected chi connectivity index (χ4v) is 2.67. The van der Waals surface area contributed by atoms with E-state index in [1.54, 1.807) is 0 Å². The number of nitrogens with two attached hydrogens (primary N) is 1. The van der Waals surface area contributed by atoms with Gasteiger partial charge in [-0.3, -0.25) is 0 Å². The highest BCUT2D eigenvalue weighted by Crippen LogP contribution is 2.38. The van der Waals surface area contributed by atoms with Gasteiger partial charge in [-0.15, -0.1) is 0 Å². The first kappa shape index (κ1) is 10.0. The van der Waals surface area contributed by atoms with Crippen LogP contribution in [0.15, 0.2) is 0 Å². The summed E-state index contributed by atoms with van der Waals surface area (Å²) in [6, 6.07) is 0.647. The van der Waals surface area contributed by atoms with Gasteiger partial charge >= 0.3 is 0 Å². The van der Waals surface area contributed by atoms with E-state index in [1.807, 2.05) is 0 Å². The Hall–Kier alpha value is -0.0800. The van der Waals surface area contributed by atoms with E-state index in [1.165, 1.54) is 19.3 Å². The molecule has 0 amide bonds. The molecule has 1 rings (SSSR count).